The van der Waals surface area contributed by atoms with Gasteiger partial charge in [0, 0.05) is 16.8 Å². The minimum Gasteiger partial charge on any atom is -0.410 e. The zero-order valence-electron chi connectivity index (χ0n) is 25.5. The maximum Gasteiger partial charge on any atom is 0.416 e. The van der Waals surface area contributed by atoms with E-state index >= 15 is 0 Å². The first-order valence-corrected chi connectivity index (χ1v) is 18.0. The summed E-state index contributed by atoms with van der Waals surface area (Å²) in [5.74, 6) is 0.386. The predicted octanol–water partition coefficient (Wildman–Crippen LogP) is 10.4. The van der Waals surface area contributed by atoms with E-state index < -0.39 is 26.2 Å². The van der Waals surface area contributed by atoms with Crippen LogP contribution in [0.1, 0.15) is 144 Å². The third-order valence-corrected chi connectivity index (χ3v) is 14.4. The molecule has 2 aliphatic carbocycles. The number of rotatable bonds is 4. The average Bonchev–Trinajstić information content (AvgIpc) is 3.17. The molecule has 2 aromatic rings. The fraction of sp³-hybridized carbons (Fsp3) is 0.667. The van der Waals surface area contributed by atoms with E-state index in [0.717, 1.165) is 48.2 Å². The lowest BCUT2D eigenvalue weighted by atomic mass is 9.69. The van der Waals surface area contributed by atoms with E-state index in [1.165, 1.54) is 42.5 Å². The summed E-state index contributed by atoms with van der Waals surface area (Å²) in [6, 6.07) is 5.54. The van der Waals surface area contributed by atoms with Crippen molar-refractivity contribution in [2.45, 2.75) is 135 Å². The summed E-state index contributed by atoms with van der Waals surface area (Å²) >= 11 is 0. The van der Waals surface area contributed by atoms with Gasteiger partial charge in [-0.3, -0.25) is 4.98 Å². The first kappa shape index (κ1) is 29.8. The van der Waals surface area contributed by atoms with Crippen molar-refractivity contribution in [3.05, 3.63) is 63.5 Å². The minimum absolute atomic E-state index is 0.0430. The summed E-state index contributed by atoms with van der Waals surface area (Å²) in [4.78, 5) is 5.33. The Hall–Kier alpha value is -1.70. The van der Waals surface area contributed by atoms with Gasteiger partial charge in [-0.15, -0.1) is 0 Å². The Morgan fingerprint density at radius 2 is 1.57 bits per heavy atom. The Balaban J connectivity index is 1.71. The highest BCUT2D eigenvalue weighted by Gasteiger charge is 2.47. The molecule has 0 radical (unpaired) electrons. The van der Waals surface area contributed by atoms with Gasteiger partial charge >= 0.3 is 6.18 Å². The molecule has 0 spiro atoms. The molecule has 0 N–H and O–H groups in total. The number of fused-ring (bicyclic) bond motifs is 2. The molecular weight excluding hydrogens is 527 g/mol. The molecule has 1 aromatic heterocycles. The van der Waals surface area contributed by atoms with E-state index in [9.17, 15) is 13.2 Å². The molecule has 0 bridgehead atoms. The van der Waals surface area contributed by atoms with Crippen LogP contribution in [0.2, 0.25) is 18.1 Å². The van der Waals surface area contributed by atoms with Crippen molar-refractivity contribution in [2.24, 2.45) is 5.41 Å². The molecule has 3 atom stereocenters. The standard InChI is InChI=1S/C33H46F3NO2Si/c1-20-29-28(30(38-20)22-14-16-23(17-15-22)33(34,35)36)26(21-12-10-9-11-13-21)27-24(37-29)18-32(5,6)19-25(27)39-40(7,8)31(2,3)4/h14-17,20-21,25,30H,9-13,18-19H2,1-8H3/t20?,25-,30?/m0/s1. The topological polar surface area (TPSA) is 31.4 Å². The fourth-order valence-electron chi connectivity index (χ4n) is 6.81. The maximum atomic E-state index is 13.4. The first-order chi connectivity index (χ1) is 18.5. The second-order valence-corrected chi connectivity index (χ2v) is 19.5. The lowest BCUT2D eigenvalue weighted by Gasteiger charge is -2.45. The first-order valence-electron chi connectivity index (χ1n) is 15.1. The quantitative estimate of drug-likeness (QED) is 0.341. The SMILES string of the molecule is CC1OC(c2ccc(C(F)(F)F)cc2)c2c1nc1c(c2C2CCCCC2)[C@@H](O[Si](C)(C)C(C)(C)C)CC(C)(C)C1. The number of hydrogen-bond donors (Lipinski definition) is 0. The van der Waals surface area contributed by atoms with Crippen LogP contribution in [0, 0.1) is 5.41 Å². The molecule has 2 heterocycles. The summed E-state index contributed by atoms with van der Waals surface area (Å²) in [5.41, 5.74) is 5.99. The molecule has 1 aliphatic heterocycles. The van der Waals surface area contributed by atoms with Crippen LogP contribution in [-0.4, -0.2) is 13.3 Å². The predicted molar refractivity (Wildman–Crippen MR) is 156 cm³/mol. The van der Waals surface area contributed by atoms with Crippen molar-refractivity contribution in [1.29, 1.82) is 0 Å². The molecule has 1 aromatic carbocycles. The number of pyridine rings is 1. The van der Waals surface area contributed by atoms with E-state index in [2.05, 4.69) is 47.7 Å². The fourth-order valence-corrected chi connectivity index (χ4v) is 8.07. The van der Waals surface area contributed by atoms with Crippen molar-refractivity contribution in [3.63, 3.8) is 0 Å². The van der Waals surface area contributed by atoms with Gasteiger partial charge in [-0.1, -0.05) is 66.0 Å². The van der Waals surface area contributed by atoms with E-state index in [-0.39, 0.29) is 22.7 Å². The van der Waals surface area contributed by atoms with Gasteiger partial charge in [-0.05, 0) is 85.3 Å². The molecular formula is C33H46F3NO2Si. The highest BCUT2D eigenvalue weighted by molar-refractivity contribution is 6.74. The summed E-state index contributed by atoms with van der Waals surface area (Å²) in [7, 11) is -2.11. The molecule has 2 unspecified atom stereocenters. The van der Waals surface area contributed by atoms with Gasteiger partial charge in [-0.25, -0.2) is 0 Å². The van der Waals surface area contributed by atoms with Gasteiger partial charge < -0.3 is 9.16 Å². The largest absolute Gasteiger partial charge is 0.416 e. The van der Waals surface area contributed by atoms with Crippen LogP contribution in [0.5, 0.6) is 0 Å². The third-order valence-electron chi connectivity index (χ3n) is 9.91. The highest BCUT2D eigenvalue weighted by Crippen LogP contribution is 2.55. The van der Waals surface area contributed by atoms with Gasteiger partial charge in [0.1, 0.15) is 6.10 Å². The van der Waals surface area contributed by atoms with E-state index in [4.69, 9.17) is 14.1 Å². The van der Waals surface area contributed by atoms with Gasteiger partial charge in [0.2, 0.25) is 0 Å². The van der Waals surface area contributed by atoms with Gasteiger partial charge in [-0.2, -0.15) is 13.2 Å². The second kappa shape index (κ2) is 10.2. The van der Waals surface area contributed by atoms with Crippen molar-refractivity contribution >= 4 is 8.32 Å². The zero-order valence-corrected chi connectivity index (χ0v) is 26.5. The van der Waals surface area contributed by atoms with Crippen LogP contribution >= 0.6 is 0 Å². The highest BCUT2D eigenvalue weighted by atomic mass is 28.4. The monoisotopic (exact) mass is 573 g/mol. The van der Waals surface area contributed by atoms with Crippen molar-refractivity contribution in [1.82, 2.24) is 4.98 Å². The van der Waals surface area contributed by atoms with Crippen LogP contribution in [0.25, 0.3) is 0 Å². The van der Waals surface area contributed by atoms with E-state index in [1.54, 1.807) is 12.1 Å². The molecule has 7 heteroatoms. The Morgan fingerprint density at radius 1 is 0.950 bits per heavy atom. The van der Waals surface area contributed by atoms with Gasteiger partial charge in [0.25, 0.3) is 0 Å². The second-order valence-electron chi connectivity index (χ2n) is 14.7. The smallest absolute Gasteiger partial charge is 0.410 e. The molecule has 3 nitrogen and oxygen atoms in total. The number of nitrogens with zero attached hydrogens (tertiary/aromatic N) is 1. The minimum atomic E-state index is -4.37. The van der Waals surface area contributed by atoms with Crippen molar-refractivity contribution < 1.29 is 22.3 Å². The van der Waals surface area contributed by atoms with Crippen LogP contribution < -0.4 is 0 Å². The Kier molecular flexibility index (Phi) is 7.62. The zero-order chi connectivity index (χ0) is 29.3. The lowest BCUT2D eigenvalue weighted by molar-refractivity contribution is -0.137. The normalized spacial score (nSPS) is 25.5. The van der Waals surface area contributed by atoms with Crippen LogP contribution in [0.3, 0.4) is 0 Å². The lowest BCUT2D eigenvalue weighted by Crippen LogP contribution is -2.44. The van der Waals surface area contributed by atoms with E-state index in [0.29, 0.717) is 5.92 Å². The number of ether oxygens (including phenoxy) is 1. The molecule has 5 rings (SSSR count). The molecule has 220 valence electrons. The summed E-state index contributed by atoms with van der Waals surface area (Å²) < 4.78 is 53.9. The van der Waals surface area contributed by atoms with Crippen LogP contribution in [-0.2, 0) is 21.8 Å². The molecule has 0 saturated heterocycles. The van der Waals surface area contributed by atoms with Crippen molar-refractivity contribution in [3.8, 4) is 0 Å². The van der Waals surface area contributed by atoms with Gasteiger partial charge in [0.05, 0.1) is 23.5 Å². The molecule has 0 amide bonds. The number of benzene rings is 1. The van der Waals surface area contributed by atoms with Gasteiger partial charge in [0.15, 0.2) is 8.32 Å². The summed E-state index contributed by atoms with van der Waals surface area (Å²) in [6.07, 6.45) is 2.64. The molecule has 1 fully saturated rings. The molecule has 3 aliphatic rings. The Labute approximate surface area is 239 Å². The summed E-state index contributed by atoms with van der Waals surface area (Å²) in [5, 5.41) is 0.0737. The Morgan fingerprint density at radius 3 is 2.15 bits per heavy atom. The number of aromatic nitrogens is 1. The average molecular weight is 574 g/mol. The molecule has 1 saturated carbocycles. The van der Waals surface area contributed by atoms with Crippen LogP contribution in [0.15, 0.2) is 24.3 Å². The van der Waals surface area contributed by atoms with Crippen LogP contribution in [0.4, 0.5) is 13.2 Å². The maximum absolute atomic E-state index is 13.4. The number of hydrogen-bond acceptors (Lipinski definition) is 3. The van der Waals surface area contributed by atoms with E-state index in [1.807, 2.05) is 6.92 Å². The number of halogens is 3. The van der Waals surface area contributed by atoms with Crippen molar-refractivity contribution in [2.75, 3.05) is 0 Å². The summed E-state index contributed by atoms with van der Waals surface area (Å²) in [6.45, 7) is 18.2. The molecule has 40 heavy (non-hydrogen) atoms. The number of alkyl halides is 3. The Bertz CT molecular complexity index is 1240. The third kappa shape index (κ3) is 5.55.